The summed E-state index contributed by atoms with van der Waals surface area (Å²) in [4.78, 5) is 13.8. The first-order valence-corrected chi connectivity index (χ1v) is 12.3. The van der Waals surface area contributed by atoms with Crippen molar-refractivity contribution in [1.82, 2.24) is 15.0 Å². The van der Waals surface area contributed by atoms with E-state index < -0.39 is 15.1 Å². The van der Waals surface area contributed by atoms with Crippen LogP contribution in [0, 0.1) is 0 Å². The molecule has 0 N–H and O–H groups in total. The molecule has 0 radical (unpaired) electrons. The molecular weight excluding hydrogens is 441 g/mol. The topological polar surface area (TPSA) is 66.4 Å². The number of pyridine rings is 3. The standard InChI is InChI=1S/3C9H7NO.Al/c3*11-9-6-5-7-3-1-2-4-8(7)10-9;/h3*1-6H,(H,10,11);/q;;;+3/p-3. The molecule has 0 saturated carbocycles. The summed E-state index contributed by atoms with van der Waals surface area (Å²) in [7, 11) is 0. The van der Waals surface area contributed by atoms with Crippen molar-refractivity contribution in [2.75, 3.05) is 0 Å². The van der Waals surface area contributed by atoms with E-state index in [4.69, 9.17) is 11.4 Å². The average molecular weight is 459 g/mol. The van der Waals surface area contributed by atoms with Gasteiger partial charge in [0.2, 0.25) is 0 Å². The van der Waals surface area contributed by atoms with Crippen LogP contribution < -0.4 is 11.4 Å². The lowest BCUT2D eigenvalue weighted by Crippen LogP contribution is -2.37. The molecule has 6 nitrogen and oxygen atoms in total. The largest absolute Gasteiger partial charge is 1.20 e. The number of hydrogen-bond acceptors (Lipinski definition) is 6. The fourth-order valence-corrected chi connectivity index (χ4v) is 4.84. The number of fused-ring (bicyclic) bond motifs is 3. The molecule has 0 aliphatic carbocycles. The van der Waals surface area contributed by atoms with Crippen LogP contribution in [0.2, 0.25) is 0 Å². The van der Waals surface area contributed by atoms with Crippen LogP contribution in [0.1, 0.15) is 0 Å². The lowest BCUT2D eigenvalue weighted by Gasteiger charge is -2.15. The zero-order valence-electron chi connectivity index (χ0n) is 18.0. The Kier molecular flexibility index (Phi) is 5.40. The zero-order chi connectivity index (χ0) is 22.7. The minimum Gasteiger partial charge on any atom is -0.563 e. The summed E-state index contributed by atoms with van der Waals surface area (Å²) in [6, 6.07) is 34.9. The van der Waals surface area contributed by atoms with Gasteiger partial charge in [-0.2, -0.15) is 0 Å². The summed E-state index contributed by atoms with van der Waals surface area (Å²) in [6.07, 6.45) is 0. The van der Waals surface area contributed by atoms with Gasteiger partial charge in [-0.25, -0.2) is 15.0 Å². The smallest absolute Gasteiger partial charge is 0.563 e. The molecule has 162 valence electrons. The zero-order valence-corrected chi connectivity index (χ0v) is 19.2. The van der Waals surface area contributed by atoms with E-state index in [1.54, 1.807) is 0 Å². The number of aromatic nitrogens is 3. The quantitative estimate of drug-likeness (QED) is 0.291. The Balaban J connectivity index is 1.33. The maximum absolute atomic E-state index is 6.16. The molecule has 0 unspecified atom stereocenters. The fraction of sp³-hybridized carbons (Fsp3) is 0. The van der Waals surface area contributed by atoms with Crippen LogP contribution in [0.25, 0.3) is 32.7 Å². The van der Waals surface area contributed by atoms with E-state index in [-0.39, 0.29) is 0 Å². The van der Waals surface area contributed by atoms with Gasteiger partial charge in [-0.1, -0.05) is 54.6 Å². The van der Waals surface area contributed by atoms with Gasteiger partial charge >= 0.3 is 15.1 Å². The van der Waals surface area contributed by atoms with Gasteiger partial charge in [0.25, 0.3) is 0 Å². The first-order valence-electron chi connectivity index (χ1n) is 10.9. The molecule has 0 amide bonds. The second kappa shape index (κ2) is 8.99. The van der Waals surface area contributed by atoms with E-state index in [0.717, 1.165) is 32.7 Å². The predicted molar refractivity (Wildman–Crippen MR) is 133 cm³/mol. The second-order valence-corrected chi connectivity index (χ2v) is 8.95. The Morgan fingerprint density at radius 2 is 0.706 bits per heavy atom. The Hall–Kier alpha value is -4.18. The number of benzene rings is 3. The third-order valence-corrected chi connectivity index (χ3v) is 6.67. The van der Waals surface area contributed by atoms with Gasteiger partial charge in [0.05, 0.1) is 16.6 Å². The van der Waals surface area contributed by atoms with Gasteiger partial charge in [0, 0.05) is 16.2 Å². The van der Waals surface area contributed by atoms with Crippen molar-refractivity contribution in [1.29, 1.82) is 0 Å². The second-order valence-electron chi connectivity index (χ2n) is 7.67. The highest BCUT2D eigenvalue weighted by Gasteiger charge is 2.46. The van der Waals surface area contributed by atoms with E-state index in [2.05, 4.69) is 15.0 Å². The highest BCUT2D eigenvalue weighted by atomic mass is 27.3. The Bertz CT molecular complexity index is 1430. The molecule has 6 rings (SSSR count). The Morgan fingerprint density at radius 1 is 0.382 bits per heavy atom. The van der Waals surface area contributed by atoms with Crippen molar-refractivity contribution in [2.24, 2.45) is 0 Å². The van der Waals surface area contributed by atoms with Crippen LogP contribution in [0.4, 0.5) is 0 Å². The van der Waals surface area contributed by atoms with Crippen molar-refractivity contribution in [2.45, 2.75) is 0 Å². The molecule has 0 saturated heterocycles. The predicted octanol–water partition coefficient (Wildman–Crippen LogP) is 5.85. The summed E-state index contributed by atoms with van der Waals surface area (Å²) in [5, 5.41) is 3.09. The molecule has 0 aliphatic heterocycles. The van der Waals surface area contributed by atoms with Crippen LogP contribution in [-0.2, 0) is 0 Å². The van der Waals surface area contributed by atoms with Gasteiger partial charge in [-0.15, -0.1) is 0 Å². The molecule has 3 aromatic heterocycles. The maximum Gasteiger partial charge on any atom is 1.20 e. The van der Waals surface area contributed by atoms with Crippen LogP contribution in [0.3, 0.4) is 0 Å². The molecule has 3 heterocycles. The normalized spacial score (nSPS) is 10.9. The van der Waals surface area contributed by atoms with Crippen molar-refractivity contribution in [3.63, 3.8) is 0 Å². The van der Waals surface area contributed by atoms with Crippen molar-refractivity contribution >= 4 is 47.9 Å². The summed E-state index contributed by atoms with van der Waals surface area (Å²) in [5.74, 6) is 1.28. The van der Waals surface area contributed by atoms with Gasteiger partial charge in [0.15, 0.2) is 17.6 Å². The first kappa shape index (κ1) is 20.4. The van der Waals surface area contributed by atoms with Crippen molar-refractivity contribution in [3.8, 4) is 17.6 Å². The minimum atomic E-state index is -2.84. The molecule has 3 aromatic carbocycles. The highest BCUT2D eigenvalue weighted by molar-refractivity contribution is 6.39. The number of rotatable bonds is 6. The monoisotopic (exact) mass is 459 g/mol. The SMILES string of the molecule is c1ccc2nc([O][Al]([O]c3ccc4ccccc4n3)[O]c3ccc4ccccc4n3)ccc2c1. The van der Waals surface area contributed by atoms with Gasteiger partial charge in [0.1, 0.15) is 0 Å². The van der Waals surface area contributed by atoms with Gasteiger partial charge < -0.3 is 11.4 Å². The molecule has 7 heteroatoms. The molecule has 0 spiro atoms. The van der Waals surface area contributed by atoms with E-state index in [0.29, 0.717) is 17.6 Å². The third kappa shape index (κ3) is 4.35. The number of hydrogen-bond donors (Lipinski definition) is 0. The summed E-state index contributed by atoms with van der Waals surface area (Å²) in [6.45, 7) is 0. The van der Waals surface area contributed by atoms with Crippen molar-refractivity contribution in [3.05, 3.63) is 109 Å². The van der Waals surface area contributed by atoms with Crippen molar-refractivity contribution < 1.29 is 11.4 Å². The molecule has 6 aromatic rings. The minimum absolute atomic E-state index is 0.428. The molecular formula is C27H18AlN3O3. The summed E-state index contributed by atoms with van der Waals surface area (Å²) < 4.78 is 18.5. The van der Waals surface area contributed by atoms with E-state index in [9.17, 15) is 0 Å². The number of para-hydroxylation sites is 3. The number of nitrogens with zero attached hydrogens (tertiary/aromatic N) is 3. The third-order valence-electron chi connectivity index (χ3n) is 5.37. The molecule has 0 atom stereocenters. The average Bonchev–Trinajstić information content (AvgIpc) is 2.88. The fourth-order valence-electron chi connectivity index (χ4n) is 3.71. The Labute approximate surface area is 200 Å². The van der Waals surface area contributed by atoms with Crippen LogP contribution in [0.15, 0.2) is 109 Å². The first-order chi connectivity index (χ1) is 16.8. The lowest BCUT2D eigenvalue weighted by atomic mass is 10.2. The molecule has 0 bridgehead atoms. The highest BCUT2D eigenvalue weighted by Crippen LogP contribution is 2.22. The van der Waals surface area contributed by atoms with Crippen LogP contribution >= 0.6 is 0 Å². The Morgan fingerprint density at radius 3 is 1.06 bits per heavy atom. The van der Waals surface area contributed by atoms with E-state index in [1.165, 1.54) is 0 Å². The maximum atomic E-state index is 6.16. The molecule has 0 aliphatic rings. The van der Waals surface area contributed by atoms with E-state index in [1.807, 2.05) is 109 Å². The van der Waals surface area contributed by atoms with Gasteiger partial charge in [-0.3, -0.25) is 0 Å². The van der Waals surface area contributed by atoms with Crippen LogP contribution in [-0.4, -0.2) is 30.1 Å². The van der Waals surface area contributed by atoms with E-state index >= 15 is 0 Å². The summed E-state index contributed by atoms with van der Waals surface area (Å²) >= 11 is -2.84. The molecule has 34 heavy (non-hydrogen) atoms. The summed E-state index contributed by atoms with van der Waals surface area (Å²) in [5.41, 5.74) is 2.50. The lowest BCUT2D eigenvalue weighted by molar-refractivity contribution is 0.294. The molecule has 0 fully saturated rings. The van der Waals surface area contributed by atoms with Gasteiger partial charge in [-0.05, 0) is 54.6 Å². The van der Waals surface area contributed by atoms with Crippen LogP contribution in [0.5, 0.6) is 17.6 Å².